The first kappa shape index (κ1) is 11.8. The first-order chi connectivity index (χ1) is 7.59. The third-order valence-corrected chi connectivity index (χ3v) is 3.55. The Kier molecular flexibility index (Phi) is 3.47. The maximum Gasteiger partial charge on any atom is 0.145 e. The fraction of sp³-hybridized carbons (Fsp3) is 0.500. The average Bonchev–Trinajstić information content (AvgIpc) is 2.28. The number of benzene rings is 1. The van der Waals surface area contributed by atoms with Gasteiger partial charge in [-0.2, -0.15) is 0 Å². The second kappa shape index (κ2) is 4.70. The van der Waals surface area contributed by atoms with Gasteiger partial charge in [-0.3, -0.25) is 0 Å². The predicted molar refractivity (Wildman–Crippen MR) is 64.4 cm³/mol. The summed E-state index contributed by atoms with van der Waals surface area (Å²) in [6.07, 6.45) is 0.292. The summed E-state index contributed by atoms with van der Waals surface area (Å²) >= 11 is 5.91. The van der Waals surface area contributed by atoms with Crippen molar-refractivity contribution in [2.24, 2.45) is 0 Å². The second-order valence-electron chi connectivity index (χ2n) is 4.33. The van der Waals surface area contributed by atoms with Gasteiger partial charge in [0.1, 0.15) is 5.82 Å². The van der Waals surface area contributed by atoms with Crippen molar-refractivity contribution in [2.45, 2.75) is 25.9 Å². The van der Waals surface area contributed by atoms with Gasteiger partial charge in [-0.25, -0.2) is 4.39 Å². The van der Waals surface area contributed by atoms with Gasteiger partial charge in [-0.05, 0) is 25.0 Å². The molecule has 0 amide bonds. The first-order valence-corrected chi connectivity index (χ1v) is 5.88. The number of halogens is 2. The molecule has 2 N–H and O–H groups in total. The number of aryl methyl sites for hydroxylation is 1. The number of hydrogen-bond acceptors (Lipinski definition) is 2. The second-order valence-corrected chi connectivity index (χ2v) is 4.71. The molecule has 0 saturated carbocycles. The van der Waals surface area contributed by atoms with Crippen molar-refractivity contribution < 1.29 is 4.39 Å². The summed E-state index contributed by atoms with van der Waals surface area (Å²) in [5, 5.41) is 6.79. The van der Waals surface area contributed by atoms with Crippen molar-refractivity contribution in [3.8, 4) is 0 Å². The zero-order valence-corrected chi connectivity index (χ0v) is 10.2. The van der Waals surface area contributed by atoms with Crippen LogP contribution in [0.1, 0.15) is 24.0 Å². The van der Waals surface area contributed by atoms with Gasteiger partial charge in [0.25, 0.3) is 0 Å². The lowest BCUT2D eigenvalue weighted by atomic mass is 9.95. The molecule has 0 atom stereocenters. The smallest absolute Gasteiger partial charge is 0.145 e. The molecule has 2 rings (SSSR count). The van der Waals surface area contributed by atoms with Crippen LogP contribution in [-0.4, -0.2) is 19.3 Å². The summed E-state index contributed by atoms with van der Waals surface area (Å²) in [5.74, 6) is -0.126. The third-order valence-electron chi connectivity index (χ3n) is 3.09. The lowest BCUT2D eigenvalue weighted by Gasteiger charge is -2.29. The number of rotatable bonds is 1. The summed E-state index contributed by atoms with van der Waals surface area (Å²) in [4.78, 5) is 0. The highest BCUT2D eigenvalue weighted by Crippen LogP contribution is 2.28. The Morgan fingerprint density at radius 1 is 1.31 bits per heavy atom. The van der Waals surface area contributed by atoms with Crippen molar-refractivity contribution in [2.75, 3.05) is 13.1 Å². The Morgan fingerprint density at radius 2 is 1.94 bits per heavy atom. The first-order valence-electron chi connectivity index (χ1n) is 5.51. The Hall–Kier alpha value is -0.640. The Morgan fingerprint density at radius 3 is 2.56 bits per heavy atom. The van der Waals surface area contributed by atoms with Gasteiger partial charge in [0.2, 0.25) is 0 Å². The normalized spacial score (nSPS) is 25.8. The van der Waals surface area contributed by atoms with Gasteiger partial charge < -0.3 is 10.6 Å². The van der Waals surface area contributed by atoms with E-state index in [1.807, 2.05) is 19.1 Å². The molecule has 0 radical (unpaired) electrons. The van der Waals surface area contributed by atoms with Gasteiger partial charge in [-0.15, -0.1) is 0 Å². The fourth-order valence-electron chi connectivity index (χ4n) is 1.98. The van der Waals surface area contributed by atoms with Crippen molar-refractivity contribution >= 4 is 11.6 Å². The van der Waals surface area contributed by atoms with Gasteiger partial charge in [0.15, 0.2) is 0 Å². The summed E-state index contributed by atoms with van der Waals surface area (Å²) in [7, 11) is 0. The van der Waals surface area contributed by atoms with E-state index in [1.165, 1.54) is 0 Å². The van der Waals surface area contributed by atoms with Crippen LogP contribution in [0, 0.1) is 12.7 Å². The van der Waals surface area contributed by atoms with Crippen molar-refractivity contribution in [1.29, 1.82) is 0 Å². The molecule has 1 fully saturated rings. The molecule has 0 aliphatic carbocycles. The zero-order valence-electron chi connectivity index (χ0n) is 9.48. The Bertz CT molecular complexity index is 387. The molecule has 1 aliphatic heterocycles. The van der Waals surface area contributed by atoms with Crippen LogP contribution in [0.25, 0.3) is 0 Å². The number of hydrogen-bond donors (Lipinski definition) is 2. The van der Waals surface area contributed by atoms with Crippen LogP contribution < -0.4 is 10.6 Å². The van der Waals surface area contributed by atoms with Crippen LogP contribution in [0.2, 0.25) is 5.02 Å². The molecule has 1 aromatic carbocycles. The van der Waals surface area contributed by atoms with Gasteiger partial charge in [0, 0.05) is 19.0 Å². The highest BCUT2D eigenvalue weighted by Gasteiger charge is 2.22. The maximum atomic E-state index is 14.0. The zero-order chi connectivity index (χ0) is 11.7. The standard InChI is InChI=1S/C12H16ClFN2/c1-7-3-4-10(12(14)11(7)13)9-5-15-8(2)16-6-9/h3-4,8-9,15-16H,5-6H2,1-2H3. The summed E-state index contributed by atoms with van der Waals surface area (Å²) in [6.45, 7) is 5.43. The summed E-state index contributed by atoms with van der Waals surface area (Å²) < 4.78 is 14.0. The van der Waals surface area contributed by atoms with E-state index in [9.17, 15) is 4.39 Å². The minimum absolute atomic E-state index is 0.147. The lowest BCUT2D eigenvalue weighted by Crippen LogP contribution is -2.50. The van der Waals surface area contributed by atoms with E-state index in [4.69, 9.17) is 11.6 Å². The minimum Gasteiger partial charge on any atom is -0.301 e. The molecule has 1 aromatic rings. The molecule has 1 saturated heterocycles. The molecule has 1 aliphatic rings. The molecule has 2 nitrogen and oxygen atoms in total. The minimum atomic E-state index is -0.273. The quantitative estimate of drug-likeness (QED) is 0.790. The average molecular weight is 243 g/mol. The van der Waals surface area contributed by atoms with E-state index < -0.39 is 0 Å². The van der Waals surface area contributed by atoms with Crippen LogP contribution in [-0.2, 0) is 0 Å². The van der Waals surface area contributed by atoms with Crippen LogP contribution in [0.5, 0.6) is 0 Å². The predicted octanol–water partition coefficient (Wildman–Crippen LogP) is 2.41. The molecule has 88 valence electrons. The van der Waals surface area contributed by atoms with Crippen LogP contribution in [0.3, 0.4) is 0 Å². The summed E-state index contributed by atoms with van der Waals surface area (Å²) in [6, 6.07) is 3.71. The van der Waals surface area contributed by atoms with E-state index >= 15 is 0 Å². The molecule has 0 aromatic heterocycles. The van der Waals surface area contributed by atoms with E-state index in [1.54, 1.807) is 0 Å². The fourth-order valence-corrected chi connectivity index (χ4v) is 2.15. The Labute approximate surface area is 100 Å². The van der Waals surface area contributed by atoms with Crippen LogP contribution in [0.4, 0.5) is 4.39 Å². The van der Waals surface area contributed by atoms with Crippen molar-refractivity contribution in [1.82, 2.24) is 10.6 Å². The summed E-state index contributed by atoms with van der Waals surface area (Å²) in [5.41, 5.74) is 1.48. The molecule has 0 bridgehead atoms. The van der Waals surface area contributed by atoms with Crippen LogP contribution >= 0.6 is 11.6 Å². The highest BCUT2D eigenvalue weighted by molar-refractivity contribution is 6.31. The van der Waals surface area contributed by atoms with Gasteiger partial charge >= 0.3 is 0 Å². The Balaban J connectivity index is 2.24. The van der Waals surface area contributed by atoms with E-state index in [0.29, 0.717) is 11.7 Å². The van der Waals surface area contributed by atoms with Gasteiger partial charge in [0.05, 0.1) is 11.2 Å². The van der Waals surface area contributed by atoms with Crippen LogP contribution in [0.15, 0.2) is 12.1 Å². The van der Waals surface area contributed by atoms with E-state index in [2.05, 4.69) is 17.6 Å². The SMILES string of the molecule is Cc1ccc(C2CNC(C)NC2)c(F)c1Cl. The molecule has 1 heterocycles. The number of nitrogens with one attached hydrogen (secondary N) is 2. The molecule has 4 heteroatoms. The van der Waals surface area contributed by atoms with Crippen molar-refractivity contribution in [3.05, 3.63) is 34.1 Å². The molecular weight excluding hydrogens is 227 g/mol. The molecule has 0 unspecified atom stereocenters. The largest absolute Gasteiger partial charge is 0.301 e. The lowest BCUT2D eigenvalue weighted by molar-refractivity contribution is 0.355. The highest BCUT2D eigenvalue weighted by atomic mass is 35.5. The molecular formula is C12H16ClFN2. The third kappa shape index (κ3) is 2.21. The monoisotopic (exact) mass is 242 g/mol. The topological polar surface area (TPSA) is 24.1 Å². The van der Waals surface area contributed by atoms with E-state index in [-0.39, 0.29) is 16.8 Å². The molecule has 16 heavy (non-hydrogen) atoms. The van der Waals surface area contributed by atoms with Crippen molar-refractivity contribution in [3.63, 3.8) is 0 Å². The van der Waals surface area contributed by atoms with E-state index in [0.717, 1.165) is 18.7 Å². The molecule has 0 spiro atoms. The van der Waals surface area contributed by atoms with Gasteiger partial charge in [-0.1, -0.05) is 23.7 Å². The maximum absolute atomic E-state index is 14.0.